The second-order valence-corrected chi connectivity index (χ2v) is 12.9. The van der Waals surface area contributed by atoms with Crippen molar-refractivity contribution in [2.45, 2.75) is 62.2 Å². The van der Waals surface area contributed by atoms with Crippen LogP contribution in [0.25, 0.3) is 0 Å². The Morgan fingerprint density at radius 1 is 0.952 bits per heavy atom. The molecule has 7 nitrogen and oxygen atoms in total. The lowest BCUT2D eigenvalue weighted by Gasteiger charge is -2.35. The molecule has 0 saturated heterocycles. The number of carbonyl (C=O) groups is 1. The Hall–Kier alpha value is -2.72. The Bertz CT molecular complexity index is 1370. The standard InChI is InChI=1S/C33H36Br2N2O5/c34-26-11-5-23(6-12-26)21-33(31(39)36-22-32(40)17-2-1-3-18-32)29(24-7-13-27(35)14-8-24)42-30(37-33)25-9-15-28(16-10-25)41-20-4-19-38/h5-16,29,38,40H,1-4,17-22H2,(H,36,39)/t29-,33-/m1/s1. The number of ether oxygens (including phenoxy) is 2. The molecule has 1 fully saturated rings. The first-order chi connectivity index (χ1) is 20.3. The van der Waals surface area contributed by atoms with E-state index in [-0.39, 0.29) is 19.1 Å². The Kier molecular flexibility index (Phi) is 10.0. The summed E-state index contributed by atoms with van der Waals surface area (Å²) in [7, 11) is 0. The van der Waals surface area contributed by atoms with Gasteiger partial charge in [-0.25, -0.2) is 4.99 Å². The quantitative estimate of drug-likeness (QED) is 0.205. The molecule has 1 amide bonds. The van der Waals surface area contributed by atoms with Crippen molar-refractivity contribution in [1.29, 1.82) is 0 Å². The fourth-order valence-corrected chi connectivity index (χ4v) is 6.15. The van der Waals surface area contributed by atoms with E-state index in [1.807, 2.05) is 72.8 Å². The first-order valence-electron chi connectivity index (χ1n) is 14.4. The van der Waals surface area contributed by atoms with E-state index < -0.39 is 17.2 Å². The molecule has 3 aromatic rings. The van der Waals surface area contributed by atoms with Gasteiger partial charge in [0.1, 0.15) is 5.75 Å². The highest BCUT2D eigenvalue weighted by Crippen LogP contribution is 2.43. The summed E-state index contributed by atoms with van der Waals surface area (Å²) in [6.07, 6.45) is 4.48. The maximum absolute atomic E-state index is 14.4. The summed E-state index contributed by atoms with van der Waals surface area (Å²) in [6, 6.07) is 23.0. The number of hydrogen-bond donors (Lipinski definition) is 3. The van der Waals surface area contributed by atoms with Gasteiger partial charge < -0.3 is 25.0 Å². The SMILES string of the molecule is O=C(NCC1(O)CCCCC1)[C@]1(Cc2ccc(Br)cc2)N=C(c2ccc(OCCCO)cc2)O[C@@H]1c1ccc(Br)cc1. The van der Waals surface area contributed by atoms with E-state index in [2.05, 4.69) is 37.2 Å². The van der Waals surface area contributed by atoms with Gasteiger partial charge in [-0.3, -0.25) is 4.79 Å². The van der Waals surface area contributed by atoms with Crippen molar-refractivity contribution in [1.82, 2.24) is 5.32 Å². The summed E-state index contributed by atoms with van der Waals surface area (Å²) < 4.78 is 14.2. The average molecular weight is 700 g/mol. The van der Waals surface area contributed by atoms with Crippen LogP contribution in [0.15, 0.2) is 86.7 Å². The Labute approximate surface area is 263 Å². The number of nitrogens with zero attached hydrogens (tertiary/aromatic N) is 1. The zero-order valence-electron chi connectivity index (χ0n) is 23.4. The van der Waals surface area contributed by atoms with Crippen molar-refractivity contribution < 1.29 is 24.5 Å². The Balaban J connectivity index is 1.53. The van der Waals surface area contributed by atoms with E-state index in [0.717, 1.165) is 44.9 Å². The molecular weight excluding hydrogens is 664 g/mol. The molecule has 1 aliphatic heterocycles. The number of rotatable bonds is 11. The van der Waals surface area contributed by atoms with E-state index in [9.17, 15) is 9.90 Å². The maximum atomic E-state index is 14.4. The molecule has 0 unspecified atom stereocenters. The lowest BCUT2D eigenvalue weighted by Crippen LogP contribution is -2.54. The smallest absolute Gasteiger partial charge is 0.252 e. The van der Waals surface area contributed by atoms with E-state index in [1.54, 1.807) is 0 Å². The molecule has 0 radical (unpaired) electrons. The van der Waals surface area contributed by atoms with E-state index >= 15 is 0 Å². The van der Waals surface area contributed by atoms with Gasteiger partial charge in [0.05, 0.1) is 12.2 Å². The summed E-state index contributed by atoms with van der Waals surface area (Å²) in [5, 5.41) is 23.3. The minimum atomic E-state index is -1.32. The second kappa shape index (κ2) is 13.7. The molecular formula is C33H36Br2N2O5. The average Bonchev–Trinajstić information content (AvgIpc) is 3.39. The lowest BCUT2D eigenvalue weighted by molar-refractivity contribution is -0.130. The van der Waals surface area contributed by atoms with Crippen LogP contribution in [-0.2, 0) is 16.0 Å². The normalized spacial score (nSPS) is 21.3. The fraction of sp³-hybridized carbons (Fsp3) is 0.394. The molecule has 1 saturated carbocycles. The van der Waals surface area contributed by atoms with Gasteiger partial charge in [0.25, 0.3) is 5.91 Å². The van der Waals surface area contributed by atoms with Crippen LogP contribution in [0.2, 0.25) is 0 Å². The van der Waals surface area contributed by atoms with Gasteiger partial charge in [-0.05, 0) is 72.5 Å². The Morgan fingerprint density at radius 3 is 2.24 bits per heavy atom. The van der Waals surface area contributed by atoms with Crippen LogP contribution in [-0.4, -0.2) is 52.9 Å². The van der Waals surface area contributed by atoms with Gasteiger partial charge in [0.2, 0.25) is 5.90 Å². The molecule has 3 aromatic carbocycles. The van der Waals surface area contributed by atoms with E-state index in [4.69, 9.17) is 19.6 Å². The largest absolute Gasteiger partial charge is 0.494 e. The molecule has 1 aliphatic carbocycles. The molecule has 0 aromatic heterocycles. The molecule has 5 rings (SSSR count). The van der Waals surface area contributed by atoms with Crippen molar-refractivity contribution >= 4 is 43.7 Å². The number of hydrogen-bond acceptors (Lipinski definition) is 6. The molecule has 0 spiro atoms. The molecule has 1 heterocycles. The third-order valence-electron chi connectivity index (χ3n) is 7.95. The summed E-state index contributed by atoms with van der Waals surface area (Å²) in [4.78, 5) is 19.5. The molecule has 42 heavy (non-hydrogen) atoms. The lowest BCUT2D eigenvalue weighted by atomic mass is 9.81. The number of nitrogens with one attached hydrogen (secondary N) is 1. The molecule has 222 valence electrons. The third kappa shape index (κ3) is 7.25. The number of amides is 1. The first kappa shape index (κ1) is 30.7. The molecule has 2 atom stereocenters. The summed E-state index contributed by atoms with van der Waals surface area (Å²) >= 11 is 7.03. The van der Waals surface area contributed by atoms with E-state index in [0.29, 0.717) is 43.9 Å². The molecule has 9 heteroatoms. The monoisotopic (exact) mass is 698 g/mol. The van der Waals surface area contributed by atoms with Crippen molar-refractivity contribution in [2.24, 2.45) is 4.99 Å². The Morgan fingerprint density at radius 2 is 1.60 bits per heavy atom. The van der Waals surface area contributed by atoms with Crippen LogP contribution in [0, 0.1) is 0 Å². The number of halogens is 2. The number of aliphatic imine (C=N–C) groups is 1. The summed E-state index contributed by atoms with van der Waals surface area (Å²) in [5.41, 5.74) is 0.247. The predicted molar refractivity (Wildman–Crippen MR) is 170 cm³/mol. The maximum Gasteiger partial charge on any atom is 0.252 e. The van der Waals surface area contributed by atoms with Crippen molar-refractivity contribution in [3.63, 3.8) is 0 Å². The topological polar surface area (TPSA) is 100 Å². The van der Waals surface area contributed by atoms with Crippen LogP contribution in [0.4, 0.5) is 0 Å². The van der Waals surface area contributed by atoms with Gasteiger partial charge in [0.15, 0.2) is 11.6 Å². The second-order valence-electron chi connectivity index (χ2n) is 11.1. The fourth-order valence-electron chi connectivity index (χ4n) is 5.62. The highest BCUT2D eigenvalue weighted by Gasteiger charge is 2.53. The highest BCUT2D eigenvalue weighted by atomic mass is 79.9. The van der Waals surface area contributed by atoms with E-state index in [1.165, 1.54) is 0 Å². The number of carbonyl (C=O) groups excluding carboxylic acids is 1. The molecule has 0 bridgehead atoms. The predicted octanol–water partition coefficient (Wildman–Crippen LogP) is 6.28. The van der Waals surface area contributed by atoms with Gasteiger partial charge in [0, 0.05) is 40.5 Å². The van der Waals surface area contributed by atoms with Crippen LogP contribution in [0.3, 0.4) is 0 Å². The zero-order valence-corrected chi connectivity index (χ0v) is 26.6. The van der Waals surface area contributed by atoms with Crippen molar-refractivity contribution in [3.05, 3.63) is 98.4 Å². The van der Waals surface area contributed by atoms with Crippen LogP contribution < -0.4 is 10.1 Å². The number of aliphatic hydroxyl groups is 2. The molecule has 2 aliphatic rings. The van der Waals surface area contributed by atoms with Crippen LogP contribution in [0.1, 0.15) is 61.3 Å². The molecule has 3 N–H and O–H groups in total. The van der Waals surface area contributed by atoms with Crippen molar-refractivity contribution in [2.75, 3.05) is 19.8 Å². The number of benzene rings is 3. The summed E-state index contributed by atoms with van der Waals surface area (Å²) in [6.45, 7) is 0.660. The summed E-state index contributed by atoms with van der Waals surface area (Å²) in [5.74, 6) is 0.764. The van der Waals surface area contributed by atoms with Gasteiger partial charge >= 0.3 is 0 Å². The van der Waals surface area contributed by atoms with Gasteiger partial charge in [-0.15, -0.1) is 0 Å². The highest BCUT2D eigenvalue weighted by molar-refractivity contribution is 9.10. The zero-order chi connectivity index (χ0) is 29.6. The van der Waals surface area contributed by atoms with Crippen LogP contribution >= 0.6 is 31.9 Å². The number of aliphatic hydroxyl groups excluding tert-OH is 1. The van der Waals surface area contributed by atoms with Gasteiger partial charge in [-0.2, -0.15) is 0 Å². The van der Waals surface area contributed by atoms with Crippen LogP contribution in [0.5, 0.6) is 5.75 Å². The minimum absolute atomic E-state index is 0.0695. The minimum Gasteiger partial charge on any atom is -0.494 e. The third-order valence-corrected chi connectivity index (χ3v) is 9.01. The van der Waals surface area contributed by atoms with Gasteiger partial charge in [-0.1, -0.05) is 75.4 Å². The first-order valence-corrected chi connectivity index (χ1v) is 16.0. The van der Waals surface area contributed by atoms with Crippen molar-refractivity contribution in [3.8, 4) is 5.75 Å².